The Morgan fingerprint density at radius 2 is 1.78 bits per heavy atom. The maximum atomic E-state index is 12.8. The summed E-state index contributed by atoms with van der Waals surface area (Å²) in [5.74, 6) is -0.806. The second-order valence-electron chi connectivity index (χ2n) is 9.73. The molecule has 2 bridgehead atoms. The molecule has 0 saturated carbocycles. The molecule has 0 aliphatic carbocycles. The Balaban J connectivity index is 1.31. The highest BCUT2D eigenvalue weighted by molar-refractivity contribution is 5.90. The normalized spacial score (nSPS) is 19.1. The lowest BCUT2D eigenvalue weighted by Gasteiger charge is -2.29. The van der Waals surface area contributed by atoms with Gasteiger partial charge in [-0.1, -0.05) is 30.3 Å². The largest absolute Gasteiger partial charge is 0.444 e. The van der Waals surface area contributed by atoms with Gasteiger partial charge in [-0.15, -0.1) is 0 Å². The van der Waals surface area contributed by atoms with Crippen molar-refractivity contribution in [2.45, 2.75) is 64.3 Å². The first-order valence-corrected chi connectivity index (χ1v) is 12.2. The molecule has 3 rings (SSSR count). The third kappa shape index (κ3) is 8.09. The molecular weight excluding hydrogens is 468 g/mol. The molecule has 1 aromatic rings. The molecule has 36 heavy (non-hydrogen) atoms. The van der Waals surface area contributed by atoms with E-state index in [2.05, 4.69) is 21.5 Å². The van der Waals surface area contributed by atoms with Crippen LogP contribution in [0.1, 0.15) is 45.6 Å². The predicted molar refractivity (Wildman–Crippen MR) is 130 cm³/mol. The van der Waals surface area contributed by atoms with Gasteiger partial charge < -0.3 is 20.3 Å². The Hall–Kier alpha value is -3.38. The first-order chi connectivity index (χ1) is 17.1. The van der Waals surface area contributed by atoms with E-state index in [0.29, 0.717) is 39.0 Å². The van der Waals surface area contributed by atoms with E-state index in [4.69, 9.17) is 9.57 Å². The molecule has 2 atom stereocenters. The minimum Gasteiger partial charge on any atom is -0.444 e. The van der Waals surface area contributed by atoms with Crippen molar-refractivity contribution in [1.82, 2.24) is 31.4 Å². The zero-order valence-corrected chi connectivity index (χ0v) is 21.0. The topological polar surface area (TPSA) is 141 Å². The van der Waals surface area contributed by atoms with Crippen molar-refractivity contribution >= 4 is 23.9 Å². The number of rotatable bonds is 10. The van der Waals surface area contributed by atoms with E-state index in [0.717, 1.165) is 5.56 Å². The number of hydrazine groups is 1. The summed E-state index contributed by atoms with van der Waals surface area (Å²) in [6, 6.07) is 8.44. The van der Waals surface area contributed by atoms with Crippen molar-refractivity contribution in [2.24, 2.45) is 0 Å². The van der Waals surface area contributed by atoms with E-state index in [-0.39, 0.29) is 31.0 Å². The third-order valence-electron chi connectivity index (χ3n) is 5.66. The average molecular weight is 505 g/mol. The fourth-order valence-corrected chi connectivity index (χ4v) is 3.96. The van der Waals surface area contributed by atoms with E-state index in [1.807, 2.05) is 30.3 Å². The molecule has 2 fully saturated rings. The first-order valence-electron chi connectivity index (χ1n) is 12.2. The highest BCUT2D eigenvalue weighted by Gasteiger charge is 2.48. The van der Waals surface area contributed by atoms with Gasteiger partial charge >= 0.3 is 12.1 Å². The molecule has 4 N–H and O–H groups in total. The molecule has 5 amide bonds. The quantitative estimate of drug-likeness (QED) is 0.276. The van der Waals surface area contributed by atoms with Gasteiger partial charge in [0, 0.05) is 32.6 Å². The number of benzene rings is 1. The van der Waals surface area contributed by atoms with Gasteiger partial charge in [0.1, 0.15) is 18.2 Å². The van der Waals surface area contributed by atoms with Crippen molar-refractivity contribution < 1.29 is 28.8 Å². The Kier molecular flexibility index (Phi) is 9.48. The number of carbonyl (C=O) groups excluding carboxylic acids is 4. The van der Waals surface area contributed by atoms with Crippen molar-refractivity contribution in [3.05, 3.63) is 35.9 Å². The number of hydrogen-bond donors (Lipinski definition) is 4. The Bertz CT molecular complexity index is 921. The first kappa shape index (κ1) is 27.2. The maximum Gasteiger partial charge on any atom is 0.407 e. The van der Waals surface area contributed by atoms with Gasteiger partial charge in [-0.25, -0.2) is 9.59 Å². The Morgan fingerprint density at radius 1 is 1.03 bits per heavy atom. The fraction of sp³-hybridized carbons (Fsp3) is 0.583. The number of urea groups is 1. The fourth-order valence-electron chi connectivity index (χ4n) is 3.96. The Labute approximate surface area is 211 Å². The van der Waals surface area contributed by atoms with Crippen molar-refractivity contribution in [2.75, 3.05) is 26.2 Å². The van der Waals surface area contributed by atoms with Crippen LogP contribution in [0.15, 0.2) is 30.3 Å². The summed E-state index contributed by atoms with van der Waals surface area (Å²) in [6.45, 7) is 7.20. The van der Waals surface area contributed by atoms with Gasteiger partial charge in [-0.2, -0.15) is 5.06 Å². The molecule has 12 nitrogen and oxygen atoms in total. The molecule has 0 aromatic heterocycles. The summed E-state index contributed by atoms with van der Waals surface area (Å²) in [7, 11) is 0. The number of amides is 5. The molecule has 0 radical (unpaired) electrons. The monoisotopic (exact) mass is 504 g/mol. The highest BCUT2D eigenvalue weighted by Crippen LogP contribution is 2.30. The van der Waals surface area contributed by atoms with Crippen LogP contribution in [-0.4, -0.2) is 77.8 Å². The second kappa shape index (κ2) is 12.5. The van der Waals surface area contributed by atoms with Crippen LogP contribution < -0.4 is 21.5 Å². The van der Waals surface area contributed by atoms with Gasteiger partial charge in [0.2, 0.25) is 5.91 Å². The van der Waals surface area contributed by atoms with Crippen LogP contribution in [0.4, 0.5) is 9.59 Å². The summed E-state index contributed by atoms with van der Waals surface area (Å²) in [5, 5.41) is 7.00. The highest BCUT2D eigenvalue weighted by atomic mass is 16.7. The number of ether oxygens (including phenoxy) is 1. The molecule has 12 heteroatoms. The zero-order valence-electron chi connectivity index (χ0n) is 21.0. The predicted octanol–water partition coefficient (Wildman–Crippen LogP) is 1.04. The van der Waals surface area contributed by atoms with E-state index in [1.165, 1.54) is 9.96 Å². The SMILES string of the molecule is CC(C)(C)OC(=O)NCCNCCC(=O)NNC(=O)C1CCC2CN1C(=O)N2OCc1ccccc1. The van der Waals surface area contributed by atoms with Gasteiger partial charge in [-0.3, -0.25) is 25.3 Å². The van der Waals surface area contributed by atoms with Crippen molar-refractivity contribution in [1.29, 1.82) is 0 Å². The summed E-state index contributed by atoms with van der Waals surface area (Å²) in [6.07, 6.45) is 0.740. The van der Waals surface area contributed by atoms with Crippen molar-refractivity contribution in [3.63, 3.8) is 0 Å². The van der Waals surface area contributed by atoms with Gasteiger partial charge in [0.25, 0.3) is 5.91 Å². The summed E-state index contributed by atoms with van der Waals surface area (Å²) in [5.41, 5.74) is 5.21. The Morgan fingerprint density at radius 3 is 2.50 bits per heavy atom. The number of piperidine rings is 1. The number of hydroxylamine groups is 2. The number of fused-ring (bicyclic) bond motifs is 2. The van der Waals surface area contributed by atoms with Crippen LogP contribution in [0, 0.1) is 0 Å². The van der Waals surface area contributed by atoms with Crippen LogP contribution in [0.5, 0.6) is 0 Å². The lowest BCUT2D eigenvalue weighted by molar-refractivity contribution is -0.140. The van der Waals surface area contributed by atoms with E-state index < -0.39 is 23.6 Å². The van der Waals surface area contributed by atoms with Crippen molar-refractivity contribution in [3.8, 4) is 0 Å². The van der Waals surface area contributed by atoms with Crippen LogP contribution in [-0.2, 0) is 25.8 Å². The number of nitrogens with one attached hydrogen (secondary N) is 4. The zero-order chi connectivity index (χ0) is 26.1. The van der Waals surface area contributed by atoms with Crippen LogP contribution >= 0.6 is 0 Å². The second-order valence-corrected chi connectivity index (χ2v) is 9.73. The third-order valence-corrected chi connectivity index (χ3v) is 5.66. The van der Waals surface area contributed by atoms with E-state index in [9.17, 15) is 19.2 Å². The molecule has 2 heterocycles. The number of carbonyl (C=O) groups is 4. The molecule has 2 aliphatic heterocycles. The standard InChI is InChI=1S/C24H36N6O6/c1-24(2,3)36-22(33)26-14-13-25-12-11-20(31)27-28-21(32)19-10-9-18-15-29(19)23(34)30(18)35-16-17-7-5-4-6-8-17/h4-8,18-19,25H,9-16H2,1-3H3,(H,26,33)(H,27,31)(H,28,32). The van der Waals surface area contributed by atoms with Gasteiger partial charge in [0.05, 0.1) is 6.04 Å². The number of nitrogens with zero attached hydrogens (tertiary/aromatic N) is 2. The smallest absolute Gasteiger partial charge is 0.407 e. The summed E-state index contributed by atoms with van der Waals surface area (Å²) >= 11 is 0. The minimum absolute atomic E-state index is 0.101. The van der Waals surface area contributed by atoms with E-state index >= 15 is 0 Å². The summed E-state index contributed by atoms with van der Waals surface area (Å²) in [4.78, 5) is 56.3. The lowest BCUT2D eigenvalue weighted by atomic mass is 10.0. The van der Waals surface area contributed by atoms with E-state index in [1.54, 1.807) is 20.8 Å². The molecule has 2 saturated heterocycles. The number of alkyl carbamates (subject to hydrolysis) is 1. The molecule has 0 spiro atoms. The molecule has 1 aromatic carbocycles. The van der Waals surface area contributed by atoms with Crippen LogP contribution in [0.25, 0.3) is 0 Å². The minimum atomic E-state index is -0.670. The number of hydrogen-bond acceptors (Lipinski definition) is 7. The van der Waals surface area contributed by atoms with Gasteiger partial charge in [0.15, 0.2) is 0 Å². The molecular formula is C24H36N6O6. The summed E-state index contributed by atoms with van der Waals surface area (Å²) < 4.78 is 5.13. The maximum absolute atomic E-state index is 12.8. The van der Waals surface area contributed by atoms with Gasteiger partial charge in [-0.05, 0) is 39.2 Å². The molecule has 2 aliphatic rings. The molecule has 2 unspecified atom stereocenters. The lowest BCUT2D eigenvalue weighted by Crippen LogP contribution is -2.54. The van der Waals surface area contributed by atoms with Crippen LogP contribution in [0.2, 0.25) is 0 Å². The van der Waals surface area contributed by atoms with Crippen LogP contribution in [0.3, 0.4) is 0 Å². The average Bonchev–Trinajstić information content (AvgIpc) is 3.07. The molecule has 198 valence electrons.